The SMILES string of the molecule is COc1ccc(Cl)c(Nc2c(F)cccc2C(=O)O)c1. The van der Waals surface area contributed by atoms with Crippen molar-refractivity contribution < 1.29 is 19.0 Å². The summed E-state index contributed by atoms with van der Waals surface area (Å²) in [6, 6.07) is 8.58. The molecular formula is C14H11ClFNO3. The van der Waals surface area contributed by atoms with E-state index in [2.05, 4.69) is 5.32 Å². The molecule has 2 N–H and O–H groups in total. The quantitative estimate of drug-likeness (QED) is 0.897. The summed E-state index contributed by atoms with van der Waals surface area (Å²) in [6.45, 7) is 0. The highest BCUT2D eigenvalue weighted by molar-refractivity contribution is 6.33. The van der Waals surface area contributed by atoms with Crippen LogP contribution in [0.1, 0.15) is 10.4 Å². The minimum Gasteiger partial charge on any atom is -0.497 e. The van der Waals surface area contributed by atoms with Crippen LogP contribution < -0.4 is 10.1 Å². The standard InChI is InChI=1S/C14H11ClFNO3/c1-20-8-5-6-10(15)12(7-8)17-13-9(14(18)19)3-2-4-11(13)16/h2-7,17H,1H3,(H,18,19). The third-order valence-corrected chi connectivity index (χ3v) is 3.01. The van der Waals surface area contributed by atoms with Gasteiger partial charge >= 0.3 is 5.97 Å². The summed E-state index contributed by atoms with van der Waals surface area (Å²) >= 11 is 6.00. The van der Waals surface area contributed by atoms with Crippen LogP contribution >= 0.6 is 11.6 Å². The summed E-state index contributed by atoms with van der Waals surface area (Å²) < 4.78 is 18.9. The lowest BCUT2D eigenvalue weighted by molar-refractivity contribution is 0.0697. The lowest BCUT2D eigenvalue weighted by atomic mass is 10.1. The molecule has 0 radical (unpaired) electrons. The summed E-state index contributed by atoms with van der Waals surface area (Å²) in [5, 5.41) is 12.1. The third kappa shape index (κ3) is 2.83. The van der Waals surface area contributed by atoms with Crippen LogP contribution in [-0.2, 0) is 0 Å². The number of carbonyl (C=O) groups is 1. The molecular weight excluding hydrogens is 285 g/mol. The second kappa shape index (κ2) is 5.79. The number of aromatic carboxylic acids is 1. The first-order chi connectivity index (χ1) is 9.52. The fourth-order valence-electron chi connectivity index (χ4n) is 1.69. The number of carboxylic acids is 1. The zero-order valence-electron chi connectivity index (χ0n) is 10.5. The normalized spacial score (nSPS) is 10.2. The van der Waals surface area contributed by atoms with Gasteiger partial charge in [0.15, 0.2) is 0 Å². The van der Waals surface area contributed by atoms with Crippen LogP contribution in [0.2, 0.25) is 5.02 Å². The second-order valence-electron chi connectivity index (χ2n) is 3.94. The molecule has 2 aromatic carbocycles. The van der Waals surface area contributed by atoms with E-state index in [1.165, 1.54) is 25.3 Å². The van der Waals surface area contributed by atoms with Crippen LogP contribution in [0.5, 0.6) is 5.75 Å². The number of para-hydroxylation sites is 1. The predicted molar refractivity (Wildman–Crippen MR) is 74.6 cm³/mol. The van der Waals surface area contributed by atoms with Crippen molar-refractivity contribution in [3.63, 3.8) is 0 Å². The maximum atomic E-state index is 13.8. The monoisotopic (exact) mass is 295 g/mol. The number of anilines is 2. The number of rotatable bonds is 4. The van der Waals surface area contributed by atoms with Gasteiger partial charge in [-0.2, -0.15) is 0 Å². The third-order valence-electron chi connectivity index (χ3n) is 2.68. The highest BCUT2D eigenvalue weighted by Crippen LogP contribution is 2.32. The van der Waals surface area contributed by atoms with Crippen molar-refractivity contribution in [2.24, 2.45) is 0 Å². The Bertz CT molecular complexity index is 661. The number of carboxylic acid groups (broad SMARTS) is 1. The van der Waals surface area contributed by atoms with Crippen molar-refractivity contribution in [2.45, 2.75) is 0 Å². The van der Waals surface area contributed by atoms with Crippen LogP contribution in [0.25, 0.3) is 0 Å². The molecule has 0 spiro atoms. The highest BCUT2D eigenvalue weighted by atomic mass is 35.5. The van der Waals surface area contributed by atoms with Gasteiger partial charge in [-0.05, 0) is 24.3 Å². The average molecular weight is 296 g/mol. The molecule has 0 aliphatic heterocycles. The van der Waals surface area contributed by atoms with Crippen LogP contribution in [-0.4, -0.2) is 18.2 Å². The molecule has 0 aromatic heterocycles. The second-order valence-corrected chi connectivity index (χ2v) is 4.35. The van der Waals surface area contributed by atoms with Crippen LogP contribution in [0.4, 0.5) is 15.8 Å². The molecule has 0 bridgehead atoms. The van der Waals surface area contributed by atoms with Gasteiger partial charge in [0.05, 0.1) is 29.1 Å². The van der Waals surface area contributed by atoms with Gasteiger partial charge in [0.2, 0.25) is 0 Å². The van der Waals surface area contributed by atoms with Gasteiger partial charge in [-0.1, -0.05) is 17.7 Å². The molecule has 4 nitrogen and oxygen atoms in total. The lowest BCUT2D eigenvalue weighted by Crippen LogP contribution is -2.05. The fourth-order valence-corrected chi connectivity index (χ4v) is 1.86. The average Bonchev–Trinajstić information content (AvgIpc) is 2.43. The first-order valence-electron chi connectivity index (χ1n) is 5.65. The maximum absolute atomic E-state index is 13.8. The van der Waals surface area contributed by atoms with Crippen LogP contribution in [0.15, 0.2) is 36.4 Å². The highest BCUT2D eigenvalue weighted by Gasteiger charge is 2.15. The zero-order chi connectivity index (χ0) is 14.7. The Balaban J connectivity index is 2.47. The van der Waals surface area contributed by atoms with Gasteiger partial charge in [0, 0.05) is 6.07 Å². The topological polar surface area (TPSA) is 58.6 Å². The number of halogens is 2. The number of ether oxygens (including phenoxy) is 1. The van der Waals surface area contributed by atoms with Gasteiger partial charge in [-0.3, -0.25) is 0 Å². The van der Waals surface area contributed by atoms with Crippen molar-refractivity contribution in [3.8, 4) is 5.75 Å². The van der Waals surface area contributed by atoms with Crippen LogP contribution in [0, 0.1) is 5.82 Å². The van der Waals surface area contributed by atoms with Gasteiger partial charge in [0.1, 0.15) is 11.6 Å². The molecule has 0 unspecified atom stereocenters. The molecule has 2 rings (SSSR count). The molecule has 0 fully saturated rings. The number of hydrogen-bond acceptors (Lipinski definition) is 3. The molecule has 0 saturated heterocycles. The molecule has 0 heterocycles. The van der Waals surface area contributed by atoms with E-state index in [4.69, 9.17) is 21.4 Å². The van der Waals surface area contributed by atoms with Crippen molar-refractivity contribution in [1.29, 1.82) is 0 Å². The lowest BCUT2D eigenvalue weighted by Gasteiger charge is -2.13. The minimum absolute atomic E-state index is 0.143. The van der Waals surface area contributed by atoms with E-state index in [0.29, 0.717) is 16.5 Å². The molecule has 0 atom stereocenters. The Morgan fingerprint density at radius 1 is 1.35 bits per heavy atom. The number of methoxy groups -OCH3 is 1. The first kappa shape index (κ1) is 14.1. The Hall–Kier alpha value is -2.27. The molecule has 20 heavy (non-hydrogen) atoms. The van der Waals surface area contributed by atoms with Crippen molar-refractivity contribution in [2.75, 3.05) is 12.4 Å². The maximum Gasteiger partial charge on any atom is 0.337 e. The summed E-state index contributed by atoms with van der Waals surface area (Å²) in [5.41, 5.74) is 0.0395. The molecule has 104 valence electrons. The minimum atomic E-state index is -1.23. The summed E-state index contributed by atoms with van der Waals surface area (Å²) in [4.78, 5) is 11.1. The Labute approximate surface area is 119 Å². The molecule has 0 aliphatic rings. The fraction of sp³-hybridized carbons (Fsp3) is 0.0714. The number of hydrogen-bond donors (Lipinski definition) is 2. The predicted octanol–water partition coefficient (Wildman–Crippen LogP) is 3.93. The molecule has 0 aliphatic carbocycles. The molecule has 0 saturated carbocycles. The van der Waals surface area contributed by atoms with Crippen molar-refractivity contribution in [1.82, 2.24) is 0 Å². The Morgan fingerprint density at radius 3 is 2.75 bits per heavy atom. The largest absolute Gasteiger partial charge is 0.497 e. The van der Waals surface area contributed by atoms with Gasteiger partial charge < -0.3 is 15.2 Å². The van der Waals surface area contributed by atoms with Crippen molar-refractivity contribution >= 4 is 28.9 Å². The van der Waals surface area contributed by atoms with E-state index in [0.717, 1.165) is 0 Å². The van der Waals surface area contributed by atoms with E-state index in [1.54, 1.807) is 18.2 Å². The molecule has 0 amide bonds. The van der Waals surface area contributed by atoms with Gasteiger partial charge in [0.25, 0.3) is 0 Å². The zero-order valence-corrected chi connectivity index (χ0v) is 11.2. The van der Waals surface area contributed by atoms with Gasteiger partial charge in [-0.15, -0.1) is 0 Å². The number of nitrogens with one attached hydrogen (secondary N) is 1. The summed E-state index contributed by atoms with van der Waals surface area (Å²) in [6.07, 6.45) is 0. The van der Waals surface area contributed by atoms with E-state index >= 15 is 0 Å². The Morgan fingerprint density at radius 2 is 2.10 bits per heavy atom. The van der Waals surface area contributed by atoms with E-state index in [9.17, 15) is 9.18 Å². The van der Waals surface area contributed by atoms with Crippen LogP contribution in [0.3, 0.4) is 0 Å². The first-order valence-corrected chi connectivity index (χ1v) is 6.03. The van der Waals surface area contributed by atoms with Crippen molar-refractivity contribution in [3.05, 3.63) is 52.8 Å². The molecule has 6 heteroatoms. The molecule has 2 aromatic rings. The van der Waals surface area contributed by atoms with E-state index in [1.807, 2.05) is 0 Å². The van der Waals surface area contributed by atoms with E-state index in [-0.39, 0.29) is 11.3 Å². The summed E-state index contributed by atoms with van der Waals surface area (Å²) in [7, 11) is 1.48. The van der Waals surface area contributed by atoms with E-state index < -0.39 is 11.8 Å². The van der Waals surface area contributed by atoms with Gasteiger partial charge in [-0.25, -0.2) is 9.18 Å². The number of benzene rings is 2. The Kier molecular flexibility index (Phi) is 4.10. The smallest absolute Gasteiger partial charge is 0.337 e. The summed E-state index contributed by atoms with van der Waals surface area (Å²) in [5.74, 6) is -1.39.